The summed E-state index contributed by atoms with van der Waals surface area (Å²) < 4.78 is 44.4. The number of carbonyl (C=O) groups excluding carboxylic acids is 1. The lowest BCUT2D eigenvalue weighted by Crippen LogP contribution is -2.50. The third kappa shape index (κ3) is 4.44. The summed E-state index contributed by atoms with van der Waals surface area (Å²) in [4.78, 5) is 24.4. The number of aryl methyl sites for hydroxylation is 1. The van der Waals surface area contributed by atoms with Gasteiger partial charge in [-0.1, -0.05) is 12.1 Å². The zero-order valence-electron chi connectivity index (χ0n) is 15.5. The molecule has 1 fully saturated rings. The maximum Gasteiger partial charge on any atom is 0.418 e. The van der Waals surface area contributed by atoms with Gasteiger partial charge in [0, 0.05) is 32.2 Å². The number of carbonyl (C=O) groups is 1. The number of hydrogen-bond donors (Lipinski definition) is 1. The standard InChI is InChI=1S/C18H20F3N5O2/c1-12-22-15(11-16(23-12)28-2)25-7-9-26(10-8-25)17(27)24-14-6-4-3-5-13(14)18(19,20)21/h3-6,11H,7-10H2,1-2H3,(H,24,27). The van der Waals surface area contributed by atoms with Crippen LogP contribution in [-0.4, -0.2) is 54.2 Å². The second-order valence-electron chi connectivity index (χ2n) is 6.26. The van der Waals surface area contributed by atoms with Crippen molar-refractivity contribution in [1.29, 1.82) is 0 Å². The lowest BCUT2D eigenvalue weighted by Gasteiger charge is -2.35. The number of para-hydroxylation sites is 1. The Morgan fingerprint density at radius 1 is 1.14 bits per heavy atom. The molecule has 1 aromatic heterocycles. The van der Waals surface area contributed by atoms with Crippen LogP contribution in [0.1, 0.15) is 11.4 Å². The molecule has 10 heteroatoms. The Balaban J connectivity index is 1.64. The van der Waals surface area contributed by atoms with Gasteiger partial charge in [0.1, 0.15) is 11.6 Å². The molecule has 1 aliphatic rings. The summed E-state index contributed by atoms with van der Waals surface area (Å²) in [5.41, 5.74) is -1.12. The Labute approximate surface area is 160 Å². The third-order valence-corrected chi connectivity index (χ3v) is 4.38. The van der Waals surface area contributed by atoms with Gasteiger partial charge in [-0.15, -0.1) is 0 Å². The Morgan fingerprint density at radius 2 is 1.82 bits per heavy atom. The summed E-state index contributed by atoms with van der Waals surface area (Å²) in [6.07, 6.45) is -4.54. The van der Waals surface area contributed by atoms with Gasteiger partial charge >= 0.3 is 12.2 Å². The zero-order valence-corrected chi connectivity index (χ0v) is 15.5. The Kier molecular flexibility index (Phi) is 5.57. The van der Waals surface area contributed by atoms with Gasteiger partial charge in [0.25, 0.3) is 0 Å². The van der Waals surface area contributed by atoms with Crippen LogP contribution in [0, 0.1) is 6.92 Å². The molecule has 0 aliphatic carbocycles. The number of aromatic nitrogens is 2. The molecule has 1 saturated heterocycles. The molecule has 0 saturated carbocycles. The molecule has 1 aromatic carbocycles. The van der Waals surface area contributed by atoms with E-state index in [0.717, 1.165) is 6.07 Å². The van der Waals surface area contributed by atoms with Crippen molar-refractivity contribution in [3.05, 3.63) is 41.7 Å². The number of rotatable bonds is 3. The van der Waals surface area contributed by atoms with Crippen LogP contribution in [0.25, 0.3) is 0 Å². The van der Waals surface area contributed by atoms with E-state index < -0.39 is 17.8 Å². The molecule has 7 nitrogen and oxygen atoms in total. The number of amides is 2. The Bertz CT molecular complexity index is 851. The lowest BCUT2D eigenvalue weighted by atomic mass is 10.1. The number of benzene rings is 1. The van der Waals surface area contributed by atoms with Crippen molar-refractivity contribution < 1.29 is 22.7 Å². The summed E-state index contributed by atoms with van der Waals surface area (Å²) in [6, 6.07) is 6.07. The summed E-state index contributed by atoms with van der Waals surface area (Å²) >= 11 is 0. The maximum absolute atomic E-state index is 13.1. The third-order valence-electron chi connectivity index (χ3n) is 4.38. The minimum absolute atomic E-state index is 0.251. The number of piperazine rings is 1. The van der Waals surface area contributed by atoms with Crippen molar-refractivity contribution in [2.24, 2.45) is 0 Å². The molecule has 2 heterocycles. The largest absolute Gasteiger partial charge is 0.481 e. The van der Waals surface area contributed by atoms with Gasteiger partial charge < -0.3 is 19.9 Å². The van der Waals surface area contributed by atoms with E-state index in [-0.39, 0.29) is 5.69 Å². The molecular formula is C18H20F3N5O2. The summed E-state index contributed by atoms with van der Waals surface area (Å²) in [7, 11) is 1.52. The smallest absolute Gasteiger partial charge is 0.418 e. The van der Waals surface area contributed by atoms with Gasteiger partial charge in [0.05, 0.1) is 18.4 Å². The van der Waals surface area contributed by atoms with E-state index in [4.69, 9.17) is 4.74 Å². The first-order chi connectivity index (χ1) is 13.3. The minimum Gasteiger partial charge on any atom is -0.481 e. The minimum atomic E-state index is -4.54. The topological polar surface area (TPSA) is 70.6 Å². The normalized spacial score (nSPS) is 14.8. The number of ether oxygens (including phenoxy) is 1. The zero-order chi connectivity index (χ0) is 20.3. The van der Waals surface area contributed by atoms with Gasteiger partial charge in [-0.2, -0.15) is 18.2 Å². The van der Waals surface area contributed by atoms with Crippen LogP contribution in [-0.2, 0) is 6.18 Å². The first-order valence-corrected chi connectivity index (χ1v) is 8.64. The van der Waals surface area contributed by atoms with Crippen LogP contribution < -0.4 is 15.0 Å². The fraction of sp³-hybridized carbons (Fsp3) is 0.389. The van der Waals surface area contributed by atoms with Crippen LogP contribution in [0.3, 0.4) is 0 Å². The van der Waals surface area contributed by atoms with Crippen LogP contribution in [0.4, 0.5) is 29.5 Å². The second-order valence-corrected chi connectivity index (χ2v) is 6.26. The number of methoxy groups -OCH3 is 1. The van der Waals surface area contributed by atoms with E-state index >= 15 is 0 Å². The van der Waals surface area contributed by atoms with Gasteiger partial charge in [-0.25, -0.2) is 9.78 Å². The number of alkyl halides is 3. The van der Waals surface area contributed by atoms with Crippen molar-refractivity contribution in [3.8, 4) is 5.88 Å². The Hall–Kier alpha value is -3.04. The van der Waals surface area contributed by atoms with Gasteiger partial charge in [0.2, 0.25) is 5.88 Å². The second kappa shape index (κ2) is 7.91. The molecule has 28 heavy (non-hydrogen) atoms. The van der Waals surface area contributed by atoms with Crippen molar-refractivity contribution in [3.63, 3.8) is 0 Å². The fourth-order valence-corrected chi connectivity index (χ4v) is 2.96. The molecule has 1 aliphatic heterocycles. The van der Waals surface area contributed by atoms with E-state index in [1.54, 1.807) is 13.0 Å². The summed E-state index contributed by atoms with van der Waals surface area (Å²) in [5, 5.41) is 2.37. The fourth-order valence-electron chi connectivity index (χ4n) is 2.96. The molecule has 3 rings (SSSR count). The van der Waals surface area contributed by atoms with Crippen LogP contribution in [0.5, 0.6) is 5.88 Å². The van der Waals surface area contributed by atoms with Crippen molar-refractivity contribution in [2.75, 3.05) is 43.5 Å². The SMILES string of the molecule is COc1cc(N2CCN(C(=O)Nc3ccccc3C(F)(F)F)CC2)nc(C)n1. The van der Waals surface area contributed by atoms with Crippen LogP contribution in [0.15, 0.2) is 30.3 Å². The number of urea groups is 1. The number of nitrogens with one attached hydrogen (secondary N) is 1. The molecule has 150 valence electrons. The van der Waals surface area contributed by atoms with Crippen molar-refractivity contribution in [1.82, 2.24) is 14.9 Å². The molecular weight excluding hydrogens is 375 g/mol. The Morgan fingerprint density at radius 3 is 2.46 bits per heavy atom. The number of anilines is 2. The van der Waals surface area contributed by atoms with Gasteiger partial charge in [-0.3, -0.25) is 0 Å². The highest BCUT2D eigenvalue weighted by molar-refractivity contribution is 5.90. The maximum atomic E-state index is 13.1. The molecule has 2 aromatic rings. The monoisotopic (exact) mass is 395 g/mol. The van der Waals surface area contributed by atoms with E-state index in [2.05, 4.69) is 15.3 Å². The molecule has 0 bridgehead atoms. The van der Waals surface area contributed by atoms with E-state index in [9.17, 15) is 18.0 Å². The van der Waals surface area contributed by atoms with E-state index in [0.29, 0.717) is 43.7 Å². The van der Waals surface area contributed by atoms with Crippen LogP contribution >= 0.6 is 0 Å². The average molecular weight is 395 g/mol. The summed E-state index contributed by atoms with van der Waals surface area (Å²) in [5.74, 6) is 1.71. The number of hydrogen-bond acceptors (Lipinski definition) is 5. The predicted molar refractivity (Wildman–Crippen MR) is 97.6 cm³/mol. The van der Waals surface area contributed by atoms with E-state index in [1.807, 2.05) is 4.90 Å². The number of halogens is 3. The average Bonchev–Trinajstić information content (AvgIpc) is 2.67. The van der Waals surface area contributed by atoms with Crippen molar-refractivity contribution >= 4 is 17.5 Å². The highest BCUT2D eigenvalue weighted by Gasteiger charge is 2.34. The predicted octanol–water partition coefficient (Wildman–Crippen LogP) is 3.17. The molecule has 0 spiro atoms. The van der Waals surface area contributed by atoms with Crippen LogP contribution in [0.2, 0.25) is 0 Å². The lowest BCUT2D eigenvalue weighted by molar-refractivity contribution is -0.136. The first kappa shape index (κ1) is 19.7. The molecule has 1 N–H and O–H groups in total. The van der Waals surface area contributed by atoms with Gasteiger partial charge in [-0.05, 0) is 19.1 Å². The van der Waals surface area contributed by atoms with Crippen molar-refractivity contribution in [2.45, 2.75) is 13.1 Å². The number of nitrogens with zero attached hydrogens (tertiary/aromatic N) is 4. The molecule has 2 amide bonds. The summed E-state index contributed by atoms with van der Waals surface area (Å²) in [6.45, 7) is 3.45. The van der Waals surface area contributed by atoms with Gasteiger partial charge in [0.15, 0.2) is 0 Å². The highest BCUT2D eigenvalue weighted by Crippen LogP contribution is 2.34. The van der Waals surface area contributed by atoms with E-state index in [1.165, 1.54) is 30.2 Å². The first-order valence-electron chi connectivity index (χ1n) is 8.64. The quantitative estimate of drug-likeness (QED) is 0.865. The highest BCUT2D eigenvalue weighted by atomic mass is 19.4. The molecule has 0 unspecified atom stereocenters. The molecule has 0 radical (unpaired) electrons. The molecule has 0 atom stereocenters.